The maximum absolute atomic E-state index is 12.6. The molecule has 1 unspecified atom stereocenters. The summed E-state index contributed by atoms with van der Waals surface area (Å²) in [6.45, 7) is 1.82. The van der Waals surface area contributed by atoms with E-state index in [1.54, 1.807) is 24.3 Å². The smallest absolute Gasteiger partial charge is 0.416 e. The molecule has 0 aromatic heterocycles. The molecule has 0 saturated heterocycles. The first-order valence-corrected chi connectivity index (χ1v) is 6.57. The van der Waals surface area contributed by atoms with Crippen LogP contribution in [0.2, 0.25) is 5.02 Å². The summed E-state index contributed by atoms with van der Waals surface area (Å²) >= 11 is 5.89. The average molecular weight is 316 g/mol. The first-order chi connectivity index (χ1) is 9.77. The second kappa shape index (κ2) is 5.85. The third-order valence-electron chi connectivity index (χ3n) is 3.04. The van der Waals surface area contributed by atoms with Crippen LogP contribution in [0.25, 0.3) is 0 Å². The van der Waals surface area contributed by atoms with Gasteiger partial charge in [0.25, 0.3) is 0 Å². The van der Waals surface area contributed by atoms with Crippen molar-refractivity contribution < 1.29 is 18.3 Å². The zero-order chi connectivity index (χ0) is 15.6. The normalized spacial score (nSPS) is 13.0. The van der Waals surface area contributed by atoms with Gasteiger partial charge in [0, 0.05) is 6.04 Å². The molecule has 0 radical (unpaired) electrons. The third-order valence-corrected chi connectivity index (χ3v) is 3.35. The Bertz CT molecular complexity index is 643. The Morgan fingerprint density at radius 2 is 1.86 bits per heavy atom. The lowest BCUT2D eigenvalue weighted by Gasteiger charge is -2.18. The zero-order valence-corrected chi connectivity index (χ0v) is 11.8. The number of alkyl halides is 3. The van der Waals surface area contributed by atoms with Crippen molar-refractivity contribution >= 4 is 17.3 Å². The molecule has 2 aromatic carbocycles. The van der Waals surface area contributed by atoms with Gasteiger partial charge in [0.1, 0.15) is 5.75 Å². The van der Waals surface area contributed by atoms with Crippen molar-refractivity contribution in [3.05, 3.63) is 58.6 Å². The molecule has 2 aromatic rings. The van der Waals surface area contributed by atoms with Gasteiger partial charge in [-0.15, -0.1) is 0 Å². The number of anilines is 1. The topological polar surface area (TPSA) is 32.3 Å². The van der Waals surface area contributed by atoms with Gasteiger partial charge < -0.3 is 10.4 Å². The molecule has 0 saturated carbocycles. The molecule has 21 heavy (non-hydrogen) atoms. The van der Waals surface area contributed by atoms with Crippen LogP contribution in [-0.4, -0.2) is 5.11 Å². The first kappa shape index (κ1) is 15.5. The van der Waals surface area contributed by atoms with E-state index >= 15 is 0 Å². The first-order valence-electron chi connectivity index (χ1n) is 6.19. The number of hydrogen-bond acceptors (Lipinski definition) is 2. The number of phenolic OH excluding ortho intramolecular Hbond substituents is 1. The lowest BCUT2D eigenvalue weighted by molar-refractivity contribution is -0.137. The van der Waals surface area contributed by atoms with E-state index in [0.29, 0.717) is 5.69 Å². The standard InChI is InChI=1S/C15H13ClF3NO/c1-9(10-3-2-4-12(21)7-10)20-14-6-5-11(8-13(14)16)15(17,18)19/h2-9,20-21H,1H3. The quantitative estimate of drug-likeness (QED) is 0.812. The van der Waals surface area contributed by atoms with Gasteiger partial charge >= 0.3 is 6.18 Å². The molecule has 2 rings (SSSR count). The van der Waals surface area contributed by atoms with E-state index in [-0.39, 0.29) is 16.8 Å². The fourth-order valence-corrected chi connectivity index (χ4v) is 2.15. The summed E-state index contributed by atoms with van der Waals surface area (Å²) < 4.78 is 37.7. The van der Waals surface area contributed by atoms with E-state index in [4.69, 9.17) is 11.6 Å². The highest BCUT2D eigenvalue weighted by Gasteiger charge is 2.30. The van der Waals surface area contributed by atoms with E-state index in [2.05, 4.69) is 5.32 Å². The number of nitrogens with one attached hydrogen (secondary N) is 1. The molecule has 0 heterocycles. The highest BCUT2D eigenvalue weighted by Crippen LogP contribution is 2.35. The molecule has 112 valence electrons. The van der Waals surface area contributed by atoms with E-state index in [9.17, 15) is 18.3 Å². The lowest BCUT2D eigenvalue weighted by atomic mass is 10.1. The van der Waals surface area contributed by atoms with Crippen LogP contribution in [0, 0.1) is 0 Å². The van der Waals surface area contributed by atoms with E-state index < -0.39 is 11.7 Å². The molecule has 0 aliphatic heterocycles. The number of aromatic hydroxyl groups is 1. The monoisotopic (exact) mass is 315 g/mol. The van der Waals surface area contributed by atoms with Crippen molar-refractivity contribution in [3.63, 3.8) is 0 Å². The van der Waals surface area contributed by atoms with Crippen molar-refractivity contribution in [3.8, 4) is 5.75 Å². The van der Waals surface area contributed by atoms with Crippen LogP contribution in [0.1, 0.15) is 24.1 Å². The molecule has 0 bridgehead atoms. The summed E-state index contributed by atoms with van der Waals surface area (Å²) in [6, 6.07) is 9.56. The Kier molecular flexibility index (Phi) is 4.32. The number of halogens is 4. The average Bonchev–Trinajstić information content (AvgIpc) is 2.39. The highest BCUT2D eigenvalue weighted by atomic mass is 35.5. The molecule has 0 aliphatic carbocycles. The van der Waals surface area contributed by atoms with Crippen molar-refractivity contribution in [2.75, 3.05) is 5.32 Å². The summed E-state index contributed by atoms with van der Waals surface area (Å²) in [6.07, 6.45) is -4.42. The van der Waals surface area contributed by atoms with E-state index in [1.165, 1.54) is 6.07 Å². The molecule has 2 N–H and O–H groups in total. The van der Waals surface area contributed by atoms with Gasteiger partial charge in [-0.2, -0.15) is 13.2 Å². The maximum Gasteiger partial charge on any atom is 0.416 e. The van der Waals surface area contributed by atoms with E-state index in [1.807, 2.05) is 6.92 Å². The lowest BCUT2D eigenvalue weighted by Crippen LogP contribution is -2.09. The number of phenols is 1. The molecular formula is C15H13ClF3NO. The second-order valence-corrected chi connectivity index (χ2v) is 5.06. The van der Waals surface area contributed by atoms with Gasteiger partial charge in [-0.3, -0.25) is 0 Å². The minimum absolute atomic E-state index is 0.00294. The SMILES string of the molecule is CC(Nc1ccc(C(F)(F)F)cc1Cl)c1cccc(O)c1. The van der Waals surface area contributed by atoms with E-state index in [0.717, 1.165) is 17.7 Å². The Morgan fingerprint density at radius 3 is 2.43 bits per heavy atom. The van der Waals surface area contributed by atoms with Crippen LogP contribution < -0.4 is 5.32 Å². The predicted molar refractivity (Wildman–Crippen MR) is 76.6 cm³/mol. The molecule has 0 aliphatic rings. The summed E-state index contributed by atoms with van der Waals surface area (Å²) in [5, 5.41) is 12.4. The Labute approximate surface area is 125 Å². The van der Waals surface area contributed by atoms with Crippen molar-refractivity contribution in [2.24, 2.45) is 0 Å². The van der Waals surface area contributed by atoms with Crippen LogP contribution in [0.15, 0.2) is 42.5 Å². The van der Waals surface area contributed by atoms with Crippen LogP contribution in [0.3, 0.4) is 0 Å². The number of hydrogen-bond donors (Lipinski definition) is 2. The fourth-order valence-electron chi connectivity index (χ4n) is 1.92. The molecule has 0 fully saturated rings. The van der Waals surface area contributed by atoms with Crippen molar-refractivity contribution in [1.82, 2.24) is 0 Å². The number of benzene rings is 2. The van der Waals surface area contributed by atoms with Gasteiger partial charge in [-0.05, 0) is 42.8 Å². The van der Waals surface area contributed by atoms with Crippen LogP contribution in [-0.2, 0) is 6.18 Å². The van der Waals surface area contributed by atoms with Gasteiger partial charge in [0.15, 0.2) is 0 Å². The van der Waals surface area contributed by atoms with Gasteiger partial charge in [0.2, 0.25) is 0 Å². The summed E-state index contributed by atoms with van der Waals surface area (Å²) in [4.78, 5) is 0. The minimum atomic E-state index is -4.42. The molecule has 1 atom stereocenters. The second-order valence-electron chi connectivity index (χ2n) is 4.65. The Morgan fingerprint density at radius 1 is 1.14 bits per heavy atom. The van der Waals surface area contributed by atoms with Gasteiger partial charge in [0.05, 0.1) is 16.3 Å². The molecule has 0 amide bonds. The largest absolute Gasteiger partial charge is 0.508 e. The number of rotatable bonds is 3. The van der Waals surface area contributed by atoms with Crippen LogP contribution in [0.4, 0.5) is 18.9 Å². The molecule has 6 heteroatoms. The van der Waals surface area contributed by atoms with Gasteiger partial charge in [-0.25, -0.2) is 0 Å². The summed E-state index contributed by atoms with van der Waals surface area (Å²) in [5.41, 5.74) is 0.412. The molecule has 0 spiro atoms. The molecule has 2 nitrogen and oxygen atoms in total. The molecular weight excluding hydrogens is 303 g/mol. The summed E-state index contributed by atoms with van der Waals surface area (Å²) in [5.74, 6) is 0.125. The van der Waals surface area contributed by atoms with Gasteiger partial charge in [-0.1, -0.05) is 23.7 Å². The Balaban J connectivity index is 2.20. The zero-order valence-electron chi connectivity index (χ0n) is 11.1. The maximum atomic E-state index is 12.6. The van der Waals surface area contributed by atoms with Crippen molar-refractivity contribution in [1.29, 1.82) is 0 Å². The summed E-state index contributed by atoms with van der Waals surface area (Å²) in [7, 11) is 0. The Hall–Kier alpha value is -1.88. The van der Waals surface area contributed by atoms with Crippen molar-refractivity contribution in [2.45, 2.75) is 19.1 Å². The third kappa shape index (κ3) is 3.82. The minimum Gasteiger partial charge on any atom is -0.508 e. The fraction of sp³-hybridized carbons (Fsp3) is 0.200. The van der Waals surface area contributed by atoms with Crippen LogP contribution in [0.5, 0.6) is 5.75 Å². The highest BCUT2D eigenvalue weighted by molar-refractivity contribution is 6.33. The van der Waals surface area contributed by atoms with Crippen LogP contribution >= 0.6 is 11.6 Å². The predicted octanol–water partition coefficient (Wildman–Crippen LogP) is 5.24.